The van der Waals surface area contributed by atoms with Crippen molar-refractivity contribution in [2.45, 2.75) is 50.7 Å². The fraction of sp³-hybridized carbons (Fsp3) is 0.625. The molecule has 1 aromatic rings. The van der Waals surface area contributed by atoms with Gasteiger partial charge in [0, 0.05) is 18.2 Å². The summed E-state index contributed by atoms with van der Waals surface area (Å²) in [5.41, 5.74) is 0.0574. The number of halogens is 2. The van der Waals surface area contributed by atoms with Gasteiger partial charge in [-0.3, -0.25) is 0 Å². The van der Waals surface area contributed by atoms with Gasteiger partial charge in [0.25, 0.3) is 0 Å². The van der Waals surface area contributed by atoms with Gasteiger partial charge >= 0.3 is 0 Å². The van der Waals surface area contributed by atoms with E-state index in [1.807, 2.05) is 7.05 Å². The number of aliphatic hydroxyl groups is 1. The third kappa shape index (κ3) is 4.00. The third-order valence-electron chi connectivity index (χ3n) is 4.27. The molecule has 1 unspecified atom stereocenters. The Bertz CT molecular complexity index is 432. The second-order valence-corrected chi connectivity index (χ2v) is 5.74. The van der Waals surface area contributed by atoms with Crippen molar-refractivity contribution in [3.8, 4) is 0 Å². The molecule has 20 heavy (non-hydrogen) atoms. The molecule has 2 nitrogen and oxygen atoms in total. The van der Waals surface area contributed by atoms with Crippen LogP contribution in [0.25, 0.3) is 0 Å². The van der Waals surface area contributed by atoms with Crippen LogP contribution in [0, 0.1) is 11.6 Å². The number of aliphatic hydroxyl groups excluding tert-OH is 1. The first-order valence-corrected chi connectivity index (χ1v) is 7.41. The van der Waals surface area contributed by atoms with Crippen molar-refractivity contribution in [3.05, 3.63) is 35.4 Å². The zero-order valence-electron chi connectivity index (χ0n) is 12.0. The Morgan fingerprint density at radius 3 is 2.65 bits per heavy atom. The molecule has 0 bridgehead atoms. The zero-order chi connectivity index (χ0) is 14.5. The first-order valence-electron chi connectivity index (χ1n) is 7.41. The summed E-state index contributed by atoms with van der Waals surface area (Å²) < 4.78 is 26.7. The van der Waals surface area contributed by atoms with Crippen LogP contribution in [-0.4, -0.2) is 29.6 Å². The summed E-state index contributed by atoms with van der Waals surface area (Å²) in [5.74, 6) is -1.06. The van der Waals surface area contributed by atoms with E-state index >= 15 is 0 Å². The van der Waals surface area contributed by atoms with E-state index in [0.717, 1.165) is 18.2 Å². The van der Waals surface area contributed by atoms with E-state index in [0.29, 0.717) is 19.0 Å². The number of hydrogen-bond acceptors (Lipinski definition) is 2. The number of hydrogen-bond donors (Lipinski definition) is 1. The van der Waals surface area contributed by atoms with Gasteiger partial charge in [-0.1, -0.05) is 19.3 Å². The lowest BCUT2D eigenvalue weighted by Crippen LogP contribution is -2.34. The van der Waals surface area contributed by atoms with Crippen molar-refractivity contribution in [1.29, 1.82) is 0 Å². The van der Waals surface area contributed by atoms with Crippen molar-refractivity contribution in [3.63, 3.8) is 0 Å². The first-order chi connectivity index (χ1) is 9.58. The van der Waals surface area contributed by atoms with Gasteiger partial charge in [0.05, 0.1) is 6.10 Å². The highest BCUT2D eigenvalue weighted by Crippen LogP contribution is 2.24. The second-order valence-electron chi connectivity index (χ2n) is 5.74. The maximum Gasteiger partial charge on any atom is 0.129 e. The molecule has 1 aliphatic carbocycles. The molecule has 0 aliphatic heterocycles. The standard InChI is InChI=1S/C16H23F2NO/c1-19(13-5-3-2-4-6-13)10-9-16(20)14-11-12(17)7-8-15(14)18/h7-8,11,13,16,20H,2-6,9-10H2,1H3. The van der Waals surface area contributed by atoms with Crippen molar-refractivity contribution in [2.75, 3.05) is 13.6 Å². The highest BCUT2D eigenvalue weighted by atomic mass is 19.1. The smallest absolute Gasteiger partial charge is 0.129 e. The molecular formula is C16H23F2NO. The van der Waals surface area contributed by atoms with Gasteiger partial charge in [0.2, 0.25) is 0 Å². The van der Waals surface area contributed by atoms with Gasteiger partial charge in [-0.15, -0.1) is 0 Å². The molecule has 0 aromatic heterocycles. The molecule has 0 spiro atoms. The fourth-order valence-electron chi connectivity index (χ4n) is 2.96. The minimum Gasteiger partial charge on any atom is -0.388 e. The van der Waals surface area contributed by atoms with E-state index in [2.05, 4.69) is 4.90 Å². The Kier molecular flexibility index (Phi) is 5.49. The molecule has 1 atom stereocenters. The van der Waals surface area contributed by atoms with Crippen LogP contribution in [0.5, 0.6) is 0 Å². The second kappa shape index (κ2) is 7.14. The number of rotatable bonds is 5. The number of benzene rings is 1. The molecule has 0 radical (unpaired) electrons. The fourth-order valence-corrected chi connectivity index (χ4v) is 2.96. The van der Waals surface area contributed by atoms with Crippen LogP contribution in [0.3, 0.4) is 0 Å². The van der Waals surface area contributed by atoms with Crippen molar-refractivity contribution < 1.29 is 13.9 Å². The van der Waals surface area contributed by atoms with E-state index in [9.17, 15) is 13.9 Å². The van der Waals surface area contributed by atoms with E-state index in [1.165, 1.54) is 32.1 Å². The molecule has 0 heterocycles. The first kappa shape index (κ1) is 15.4. The topological polar surface area (TPSA) is 23.5 Å². The SMILES string of the molecule is CN(CCC(O)c1cc(F)ccc1F)C1CCCCC1. The molecule has 0 saturated heterocycles. The van der Waals surface area contributed by atoms with E-state index < -0.39 is 17.7 Å². The molecule has 1 saturated carbocycles. The average molecular weight is 283 g/mol. The van der Waals surface area contributed by atoms with Gasteiger partial charge in [-0.2, -0.15) is 0 Å². The monoisotopic (exact) mass is 283 g/mol. The summed E-state index contributed by atoms with van der Waals surface area (Å²) in [6.45, 7) is 0.696. The third-order valence-corrected chi connectivity index (χ3v) is 4.27. The Morgan fingerprint density at radius 1 is 1.25 bits per heavy atom. The van der Waals surface area contributed by atoms with Crippen LogP contribution in [-0.2, 0) is 0 Å². The lowest BCUT2D eigenvalue weighted by atomic mass is 9.94. The molecule has 1 aliphatic rings. The molecule has 2 rings (SSSR count). The maximum absolute atomic E-state index is 13.6. The molecule has 1 fully saturated rings. The Labute approximate surface area is 119 Å². The minimum absolute atomic E-state index is 0.0574. The van der Waals surface area contributed by atoms with Crippen molar-refractivity contribution in [1.82, 2.24) is 4.90 Å². The van der Waals surface area contributed by atoms with E-state index in [4.69, 9.17) is 0 Å². The van der Waals surface area contributed by atoms with Crippen LogP contribution in [0.2, 0.25) is 0 Å². The summed E-state index contributed by atoms with van der Waals surface area (Å²) in [6.07, 6.45) is 5.69. The van der Waals surface area contributed by atoms with Crippen LogP contribution in [0.1, 0.15) is 50.2 Å². The van der Waals surface area contributed by atoms with Crippen molar-refractivity contribution in [2.24, 2.45) is 0 Å². The highest BCUT2D eigenvalue weighted by molar-refractivity contribution is 5.21. The molecule has 1 aromatic carbocycles. The Balaban J connectivity index is 1.87. The van der Waals surface area contributed by atoms with E-state index in [1.54, 1.807) is 0 Å². The van der Waals surface area contributed by atoms with Gasteiger partial charge in [-0.05, 0) is 44.5 Å². The predicted molar refractivity (Wildman–Crippen MR) is 75.4 cm³/mol. The summed E-state index contributed by atoms with van der Waals surface area (Å²) in [6, 6.07) is 3.78. The van der Waals surface area contributed by atoms with Gasteiger partial charge in [-0.25, -0.2) is 8.78 Å². The Morgan fingerprint density at radius 2 is 1.95 bits per heavy atom. The summed E-state index contributed by atoms with van der Waals surface area (Å²) in [4.78, 5) is 2.24. The van der Waals surface area contributed by atoms with Gasteiger partial charge in [0.1, 0.15) is 11.6 Å². The number of nitrogens with zero attached hydrogens (tertiary/aromatic N) is 1. The molecule has 1 N–H and O–H groups in total. The molecule has 0 amide bonds. The average Bonchev–Trinajstić information content (AvgIpc) is 2.47. The molecule has 4 heteroatoms. The largest absolute Gasteiger partial charge is 0.388 e. The molecule has 112 valence electrons. The highest BCUT2D eigenvalue weighted by Gasteiger charge is 2.20. The summed E-state index contributed by atoms with van der Waals surface area (Å²) in [7, 11) is 2.05. The van der Waals surface area contributed by atoms with Crippen molar-refractivity contribution >= 4 is 0 Å². The minimum atomic E-state index is -0.947. The lowest BCUT2D eigenvalue weighted by molar-refractivity contribution is 0.122. The molecular weight excluding hydrogens is 260 g/mol. The van der Waals surface area contributed by atoms with Crippen LogP contribution < -0.4 is 0 Å². The summed E-state index contributed by atoms with van der Waals surface area (Å²) in [5, 5.41) is 10.0. The van der Waals surface area contributed by atoms with E-state index in [-0.39, 0.29) is 5.56 Å². The predicted octanol–water partition coefficient (Wildman–Crippen LogP) is 3.65. The lowest BCUT2D eigenvalue weighted by Gasteiger charge is -2.31. The normalized spacial score (nSPS) is 18.4. The van der Waals surface area contributed by atoms with Crippen LogP contribution in [0.4, 0.5) is 8.78 Å². The van der Waals surface area contributed by atoms with Crippen LogP contribution >= 0.6 is 0 Å². The van der Waals surface area contributed by atoms with Gasteiger partial charge in [0.15, 0.2) is 0 Å². The maximum atomic E-state index is 13.6. The van der Waals surface area contributed by atoms with Gasteiger partial charge < -0.3 is 10.0 Å². The summed E-state index contributed by atoms with van der Waals surface area (Å²) >= 11 is 0. The zero-order valence-corrected chi connectivity index (χ0v) is 12.0. The quantitative estimate of drug-likeness (QED) is 0.891. The Hall–Kier alpha value is -1.00. The van der Waals surface area contributed by atoms with Crippen LogP contribution in [0.15, 0.2) is 18.2 Å².